The summed E-state index contributed by atoms with van der Waals surface area (Å²) in [5.41, 5.74) is -0.989. The number of nitrogens with one attached hydrogen (secondary N) is 1. The van der Waals surface area contributed by atoms with Crippen molar-refractivity contribution in [2.75, 3.05) is 0 Å². The number of halogens is 3. The van der Waals surface area contributed by atoms with Crippen LogP contribution in [0.3, 0.4) is 0 Å². The first kappa shape index (κ1) is 17.0. The molecule has 0 aliphatic rings. The van der Waals surface area contributed by atoms with Crippen LogP contribution >= 0.6 is 0 Å². The molecular formula is C14H16F3NO3. The van der Waals surface area contributed by atoms with Crippen molar-refractivity contribution in [2.45, 2.75) is 33.2 Å². The molecule has 0 aliphatic carbocycles. The Kier molecular flexibility index (Phi) is 4.98. The molecule has 0 saturated heterocycles. The van der Waals surface area contributed by atoms with Gasteiger partial charge in [0.1, 0.15) is 0 Å². The number of rotatable bonds is 4. The molecule has 1 rings (SSSR count). The lowest BCUT2D eigenvalue weighted by atomic mass is 9.84. The van der Waals surface area contributed by atoms with E-state index in [4.69, 9.17) is 5.11 Å². The molecule has 0 heterocycles. The zero-order chi connectivity index (χ0) is 16.4. The van der Waals surface area contributed by atoms with E-state index in [1.54, 1.807) is 20.8 Å². The van der Waals surface area contributed by atoms with Gasteiger partial charge < -0.3 is 10.4 Å². The highest BCUT2D eigenvalue weighted by atomic mass is 19.2. The molecule has 1 aromatic rings. The first-order valence-corrected chi connectivity index (χ1v) is 6.19. The third-order valence-corrected chi connectivity index (χ3v) is 2.98. The number of amides is 1. The van der Waals surface area contributed by atoms with Gasteiger partial charge in [-0.05, 0) is 17.5 Å². The minimum absolute atomic E-state index is 0.346. The van der Waals surface area contributed by atoms with Crippen molar-refractivity contribution in [1.82, 2.24) is 5.32 Å². The topological polar surface area (TPSA) is 66.4 Å². The van der Waals surface area contributed by atoms with Crippen LogP contribution in [0.2, 0.25) is 0 Å². The van der Waals surface area contributed by atoms with Crippen LogP contribution in [0.4, 0.5) is 13.2 Å². The van der Waals surface area contributed by atoms with Gasteiger partial charge in [-0.1, -0.05) is 20.8 Å². The molecule has 116 valence electrons. The molecular weight excluding hydrogens is 287 g/mol. The number of carbonyl (C=O) groups excluding carboxylic acids is 1. The van der Waals surface area contributed by atoms with E-state index in [1.807, 2.05) is 0 Å². The molecule has 4 nitrogen and oxygen atoms in total. The Labute approximate surface area is 120 Å². The summed E-state index contributed by atoms with van der Waals surface area (Å²) in [5, 5.41) is 11.2. The van der Waals surface area contributed by atoms with E-state index in [0.29, 0.717) is 12.1 Å². The number of carbonyl (C=O) groups is 2. The largest absolute Gasteiger partial charge is 0.481 e. The zero-order valence-corrected chi connectivity index (χ0v) is 11.8. The summed E-state index contributed by atoms with van der Waals surface area (Å²) in [6.45, 7) is 5.14. The number of benzene rings is 1. The summed E-state index contributed by atoms with van der Waals surface area (Å²) < 4.78 is 39.0. The lowest BCUT2D eigenvalue weighted by molar-refractivity contribution is -0.138. The fourth-order valence-electron chi connectivity index (χ4n) is 1.68. The van der Waals surface area contributed by atoms with Crippen molar-refractivity contribution < 1.29 is 27.9 Å². The van der Waals surface area contributed by atoms with Crippen molar-refractivity contribution in [3.8, 4) is 0 Å². The molecule has 1 unspecified atom stereocenters. The molecule has 7 heteroatoms. The van der Waals surface area contributed by atoms with Crippen molar-refractivity contribution in [1.29, 1.82) is 0 Å². The van der Waals surface area contributed by atoms with Gasteiger partial charge in [-0.25, -0.2) is 13.2 Å². The summed E-state index contributed by atoms with van der Waals surface area (Å²) in [6.07, 6.45) is -0.346. The zero-order valence-electron chi connectivity index (χ0n) is 11.8. The lowest BCUT2D eigenvalue weighted by Crippen LogP contribution is -2.45. The molecule has 0 radical (unpaired) electrons. The van der Waals surface area contributed by atoms with Crippen molar-refractivity contribution in [3.05, 3.63) is 35.1 Å². The van der Waals surface area contributed by atoms with Gasteiger partial charge in [0.15, 0.2) is 17.5 Å². The van der Waals surface area contributed by atoms with Gasteiger partial charge in [-0.3, -0.25) is 9.59 Å². The van der Waals surface area contributed by atoms with Gasteiger partial charge in [0, 0.05) is 11.6 Å². The molecule has 1 atom stereocenters. The third kappa shape index (κ3) is 4.47. The standard InChI is InChI=1S/C14H16F3NO3/c1-14(2,3)10(6-11(19)20)18-13(21)7-4-8(15)12(17)9(16)5-7/h4-5,10H,6H2,1-3H3,(H,18,21)(H,19,20). The maximum atomic E-state index is 13.1. The second-order valence-corrected chi connectivity index (χ2v) is 5.74. The van der Waals surface area contributed by atoms with E-state index < -0.39 is 46.3 Å². The van der Waals surface area contributed by atoms with Gasteiger partial charge in [-0.15, -0.1) is 0 Å². The highest BCUT2D eigenvalue weighted by molar-refractivity contribution is 5.94. The van der Waals surface area contributed by atoms with E-state index >= 15 is 0 Å². The number of hydrogen-bond donors (Lipinski definition) is 2. The number of aliphatic carboxylic acids is 1. The molecule has 21 heavy (non-hydrogen) atoms. The van der Waals surface area contributed by atoms with Gasteiger partial charge >= 0.3 is 5.97 Å². The van der Waals surface area contributed by atoms with Crippen LogP contribution in [0.1, 0.15) is 37.6 Å². The molecule has 1 amide bonds. The predicted octanol–water partition coefficient (Wildman–Crippen LogP) is 2.72. The Morgan fingerprint density at radius 2 is 1.67 bits per heavy atom. The van der Waals surface area contributed by atoms with Crippen LogP contribution in [-0.2, 0) is 4.79 Å². The van der Waals surface area contributed by atoms with Crippen molar-refractivity contribution in [2.24, 2.45) is 5.41 Å². The Morgan fingerprint density at radius 3 is 2.05 bits per heavy atom. The SMILES string of the molecule is CC(C)(C)C(CC(=O)O)NC(=O)c1cc(F)c(F)c(F)c1. The first-order chi connectivity index (χ1) is 9.52. The molecule has 0 fully saturated rings. The van der Waals surface area contributed by atoms with E-state index in [2.05, 4.69) is 5.32 Å². The number of hydrogen-bond acceptors (Lipinski definition) is 2. The fraction of sp³-hybridized carbons (Fsp3) is 0.429. The highest BCUT2D eigenvalue weighted by Gasteiger charge is 2.29. The molecule has 0 saturated carbocycles. The van der Waals surface area contributed by atoms with Gasteiger partial charge in [0.25, 0.3) is 5.91 Å². The summed E-state index contributed by atoms with van der Waals surface area (Å²) >= 11 is 0. The second kappa shape index (κ2) is 6.15. The molecule has 0 spiro atoms. The van der Waals surface area contributed by atoms with Gasteiger partial charge in [0.2, 0.25) is 0 Å². The quantitative estimate of drug-likeness (QED) is 0.841. The van der Waals surface area contributed by atoms with Crippen LogP contribution < -0.4 is 5.32 Å². The van der Waals surface area contributed by atoms with Crippen molar-refractivity contribution >= 4 is 11.9 Å². The smallest absolute Gasteiger partial charge is 0.305 e. The van der Waals surface area contributed by atoms with E-state index in [-0.39, 0.29) is 6.42 Å². The van der Waals surface area contributed by atoms with Crippen LogP contribution in [0, 0.1) is 22.9 Å². The van der Waals surface area contributed by atoms with E-state index in [9.17, 15) is 22.8 Å². The van der Waals surface area contributed by atoms with Gasteiger partial charge in [0.05, 0.1) is 6.42 Å². The molecule has 0 aliphatic heterocycles. The average Bonchev–Trinajstić information content (AvgIpc) is 2.32. The highest BCUT2D eigenvalue weighted by Crippen LogP contribution is 2.22. The molecule has 0 bridgehead atoms. The lowest BCUT2D eigenvalue weighted by Gasteiger charge is -2.30. The van der Waals surface area contributed by atoms with E-state index in [1.165, 1.54) is 0 Å². The summed E-state index contributed by atoms with van der Waals surface area (Å²) in [5.74, 6) is -6.61. The van der Waals surface area contributed by atoms with Crippen LogP contribution in [0.5, 0.6) is 0 Å². The fourth-order valence-corrected chi connectivity index (χ4v) is 1.68. The Bertz CT molecular complexity index is 544. The summed E-state index contributed by atoms with van der Waals surface area (Å²) in [6, 6.07) is 0.376. The predicted molar refractivity (Wildman–Crippen MR) is 69.3 cm³/mol. The number of carboxylic acids is 1. The van der Waals surface area contributed by atoms with Crippen molar-refractivity contribution in [3.63, 3.8) is 0 Å². The van der Waals surface area contributed by atoms with Gasteiger partial charge in [-0.2, -0.15) is 0 Å². The third-order valence-electron chi connectivity index (χ3n) is 2.98. The Balaban J connectivity index is 3.00. The van der Waals surface area contributed by atoms with Crippen LogP contribution in [0.15, 0.2) is 12.1 Å². The molecule has 0 aromatic heterocycles. The first-order valence-electron chi connectivity index (χ1n) is 6.19. The normalized spacial score (nSPS) is 12.9. The minimum atomic E-state index is -1.66. The monoisotopic (exact) mass is 303 g/mol. The molecule has 2 N–H and O–H groups in total. The average molecular weight is 303 g/mol. The van der Waals surface area contributed by atoms with E-state index in [0.717, 1.165) is 0 Å². The van der Waals surface area contributed by atoms with Crippen LogP contribution in [-0.4, -0.2) is 23.0 Å². The Morgan fingerprint density at radius 1 is 1.19 bits per heavy atom. The Hall–Kier alpha value is -2.05. The van der Waals surface area contributed by atoms with Crippen LogP contribution in [0.25, 0.3) is 0 Å². The maximum absolute atomic E-state index is 13.1. The second-order valence-electron chi connectivity index (χ2n) is 5.74. The number of carboxylic acid groups (broad SMARTS) is 1. The maximum Gasteiger partial charge on any atom is 0.305 e. The molecule has 1 aromatic carbocycles. The summed E-state index contributed by atoms with van der Waals surface area (Å²) in [7, 11) is 0. The minimum Gasteiger partial charge on any atom is -0.481 e. The summed E-state index contributed by atoms with van der Waals surface area (Å²) in [4.78, 5) is 22.7.